The maximum Gasteiger partial charge on any atom is 0.256 e. The summed E-state index contributed by atoms with van der Waals surface area (Å²) >= 11 is 0. The van der Waals surface area contributed by atoms with Gasteiger partial charge in [0.05, 0.1) is 0 Å². The van der Waals surface area contributed by atoms with Crippen molar-refractivity contribution in [2.75, 3.05) is 20.2 Å². The summed E-state index contributed by atoms with van der Waals surface area (Å²) in [7, 11) is 1.59. The predicted octanol–water partition coefficient (Wildman–Crippen LogP) is 2.00. The van der Waals surface area contributed by atoms with E-state index < -0.39 is 6.10 Å². The lowest BCUT2D eigenvalue weighted by atomic mass is 10.1. The summed E-state index contributed by atoms with van der Waals surface area (Å²) in [5.41, 5.74) is 0.932. The Hall–Kier alpha value is -1.35. The lowest BCUT2D eigenvalue weighted by Crippen LogP contribution is -2.33. The van der Waals surface area contributed by atoms with E-state index >= 15 is 0 Å². The molecule has 3 nitrogen and oxygen atoms in total. The van der Waals surface area contributed by atoms with Crippen molar-refractivity contribution in [2.24, 2.45) is 0 Å². The molecule has 16 heavy (non-hydrogen) atoms. The Bertz CT molecular complexity index is 344. The van der Waals surface area contributed by atoms with Crippen LogP contribution in [0.1, 0.15) is 24.5 Å². The first-order chi connectivity index (χ1) is 7.83. The van der Waals surface area contributed by atoms with Crippen molar-refractivity contribution in [3.8, 4) is 0 Å². The second-order valence-corrected chi connectivity index (χ2v) is 4.06. The van der Waals surface area contributed by atoms with Gasteiger partial charge in [-0.25, -0.2) is 0 Å². The van der Waals surface area contributed by atoms with E-state index in [1.54, 1.807) is 7.11 Å². The van der Waals surface area contributed by atoms with Gasteiger partial charge in [0.25, 0.3) is 5.91 Å². The van der Waals surface area contributed by atoms with Gasteiger partial charge in [-0.2, -0.15) is 0 Å². The fraction of sp³-hybridized carbons (Fsp3) is 0.462. The molecular formula is C13H17NO2. The predicted molar refractivity (Wildman–Crippen MR) is 62.0 cm³/mol. The van der Waals surface area contributed by atoms with Crippen LogP contribution in [0.15, 0.2) is 30.3 Å². The molecule has 0 radical (unpaired) electrons. The molecule has 1 aromatic rings. The number of hydrogen-bond donors (Lipinski definition) is 0. The van der Waals surface area contributed by atoms with E-state index in [1.807, 2.05) is 35.2 Å². The number of amides is 1. The van der Waals surface area contributed by atoms with Gasteiger partial charge in [0.1, 0.15) is 0 Å². The van der Waals surface area contributed by atoms with Gasteiger partial charge in [0, 0.05) is 20.2 Å². The molecule has 3 heteroatoms. The molecule has 0 N–H and O–H groups in total. The summed E-state index contributed by atoms with van der Waals surface area (Å²) in [6.45, 7) is 1.73. The van der Waals surface area contributed by atoms with Crippen LogP contribution in [0.3, 0.4) is 0 Å². The summed E-state index contributed by atoms with van der Waals surface area (Å²) in [6.07, 6.45) is 1.77. The Labute approximate surface area is 96.0 Å². The second-order valence-electron chi connectivity index (χ2n) is 4.06. The highest BCUT2D eigenvalue weighted by Crippen LogP contribution is 2.21. The number of ether oxygens (including phenoxy) is 1. The number of carbonyl (C=O) groups is 1. The first-order valence-corrected chi connectivity index (χ1v) is 5.69. The molecule has 2 rings (SSSR count). The van der Waals surface area contributed by atoms with Crippen molar-refractivity contribution in [1.29, 1.82) is 0 Å². The maximum absolute atomic E-state index is 12.2. The number of carbonyl (C=O) groups excluding carboxylic acids is 1. The fourth-order valence-electron chi connectivity index (χ4n) is 2.11. The topological polar surface area (TPSA) is 29.5 Å². The molecule has 0 bridgehead atoms. The van der Waals surface area contributed by atoms with Crippen molar-refractivity contribution in [2.45, 2.75) is 18.9 Å². The van der Waals surface area contributed by atoms with Gasteiger partial charge in [-0.05, 0) is 18.4 Å². The molecule has 1 heterocycles. The molecule has 0 saturated carbocycles. The number of nitrogens with zero attached hydrogens (tertiary/aromatic N) is 1. The maximum atomic E-state index is 12.2. The normalized spacial score (nSPS) is 17.4. The van der Waals surface area contributed by atoms with Gasteiger partial charge >= 0.3 is 0 Å². The lowest BCUT2D eigenvalue weighted by molar-refractivity contribution is -0.141. The summed E-state index contributed by atoms with van der Waals surface area (Å²) in [5, 5.41) is 0. The summed E-state index contributed by atoms with van der Waals surface area (Å²) in [6, 6.07) is 9.66. The third-order valence-electron chi connectivity index (χ3n) is 2.98. The number of methoxy groups -OCH3 is 1. The number of likely N-dealkylation sites (tertiary alicyclic amines) is 1. The highest BCUT2D eigenvalue weighted by atomic mass is 16.5. The van der Waals surface area contributed by atoms with E-state index in [9.17, 15) is 4.79 Å². The molecule has 0 aliphatic carbocycles. The van der Waals surface area contributed by atoms with Crippen molar-refractivity contribution in [3.63, 3.8) is 0 Å². The Kier molecular flexibility index (Phi) is 3.57. The highest BCUT2D eigenvalue weighted by Gasteiger charge is 2.27. The molecule has 86 valence electrons. The Morgan fingerprint density at radius 2 is 1.88 bits per heavy atom. The zero-order valence-corrected chi connectivity index (χ0v) is 9.56. The first-order valence-electron chi connectivity index (χ1n) is 5.69. The molecule has 1 aromatic carbocycles. The van der Waals surface area contributed by atoms with Crippen LogP contribution in [0.5, 0.6) is 0 Å². The van der Waals surface area contributed by atoms with Crippen LogP contribution in [0.2, 0.25) is 0 Å². The third-order valence-corrected chi connectivity index (χ3v) is 2.98. The number of rotatable bonds is 3. The van der Waals surface area contributed by atoms with E-state index in [4.69, 9.17) is 4.74 Å². The van der Waals surface area contributed by atoms with Crippen LogP contribution in [0.4, 0.5) is 0 Å². The molecule has 1 saturated heterocycles. The molecule has 1 amide bonds. The molecule has 1 fully saturated rings. The minimum atomic E-state index is -0.445. The van der Waals surface area contributed by atoms with Gasteiger partial charge in [-0.3, -0.25) is 4.79 Å². The smallest absolute Gasteiger partial charge is 0.256 e. The SMILES string of the molecule is CO[C@@H](C(=O)N1CCCC1)c1ccccc1. The van der Waals surface area contributed by atoms with Gasteiger partial charge in [-0.15, -0.1) is 0 Å². The minimum absolute atomic E-state index is 0.0891. The van der Waals surface area contributed by atoms with E-state index in [0.29, 0.717) is 0 Å². The Balaban J connectivity index is 2.13. The molecule has 0 aromatic heterocycles. The zero-order valence-electron chi connectivity index (χ0n) is 9.56. The third kappa shape index (κ3) is 2.25. The fourth-order valence-corrected chi connectivity index (χ4v) is 2.11. The van der Waals surface area contributed by atoms with Crippen molar-refractivity contribution in [1.82, 2.24) is 4.90 Å². The Morgan fingerprint density at radius 3 is 2.44 bits per heavy atom. The van der Waals surface area contributed by atoms with Crippen molar-refractivity contribution in [3.05, 3.63) is 35.9 Å². The van der Waals surface area contributed by atoms with Crippen LogP contribution in [0, 0.1) is 0 Å². The molecule has 0 spiro atoms. The number of benzene rings is 1. The molecule has 1 aliphatic heterocycles. The van der Waals surface area contributed by atoms with Crippen molar-refractivity contribution < 1.29 is 9.53 Å². The van der Waals surface area contributed by atoms with Gasteiger partial charge in [-0.1, -0.05) is 30.3 Å². The first kappa shape index (κ1) is 11.1. The van der Waals surface area contributed by atoms with Gasteiger partial charge in [0.2, 0.25) is 0 Å². The van der Waals surface area contributed by atoms with E-state index in [0.717, 1.165) is 31.5 Å². The standard InChI is InChI=1S/C13H17NO2/c1-16-12(11-7-3-2-4-8-11)13(15)14-9-5-6-10-14/h2-4,7-8,12H,5-6,9-10H2,1H3/t12-/m1/s1. The van der Waals surface area contributed by atoms with Crippen molar-refractivity contribution >= 4 is 5.91 Å². The highest BCUT2D eigenvalue weighted by molar-refractivity contribution is 5.82. The van der Waals surface area contributed by atoms with Crippen LogP contribution in [0.25, 0.3) is 0 Å². The van der Waals surface area contributed by atoms with Gasteiger partial charge in [0.15, 0.2) is 6.10 Å². The lowest BCUT2D eigenvalue weighted by Gasteiger charge is -2.22. The van der Waals surface area contributed by atoms with Crippen LogP contribution >= 0.6 is 0 Å². The van der Waals surface area contributed by atoms with Crippen LogP contribution in [-0.2, 0) is 9.53 Å². The average Bonchev–Trinajstić information content (AvgIpc) is 2.85. The van der Waals surface area contributed by atoms with E-state index in [2.05, 4.69) is 0 Å². The minimum Gasteiger partial charge on any atom is -0.367 e. The monoisotopic (exact) mass is 219 g/mol. The molecule has 1 atom stereocenters. The summed E-state index contributed by atoms with van der Waals surface area (Å²) in [5.74, 6) is 0.0891. The summed E-state index contributed by atoms with van der Waals surface area (Å²) < 4.78 is 5.32. The van der Waals surface area contributed by atoms with E-state index in [-0.39, 0.29) is 5.91 Å². The molecular weight excluding hydrogens is 202 g/mol. The molecule has 0 unspecified atom stereocenters. The van der Waals surface area contributed by atoms with Crippen LogP contribution < -0.4 is 0 Å². The van der Waals surface area contributed by atoms with E-state index in [1.165, 1.54) is 0 Å². The zero-order chi connectivity index (χ0) is 11.4. The van der Waals surface area contributed by atoms with Crippen LogP contribution in [-0.4, -0.2) is 31.0 Å². The number of hydrogen-bond acceptors (Lipinski definition) is 2. The quantitative estimate of drug-likeness (QED) is 0.778. The van der Waals surface area contributed by atoms with Gasteiger partial charge < -0.3 is 9.64 Å². The Morgan fingerprint density at radius 1 is 1.25 bits per heavy atom. The second kappa shape index (κ2) is 5.12. The molecule has 1 aliphatic rings. The average molecular weight is 219 g/mol. The largest absolute Gasteiger partial charge is 0.367 e. The summed E-state index contributed by atoms with van der Waals surface area (Å²) in [4.78, 5) is 14.1.